The summed E-state index contributed by atoms with van der Waals surface area (Å²) in [7, 11) is 1.70. The maximum absolute atomic E-state index is 5.82. The third-order valence-corrected chi connectivity index (χ3v) is 4.83. The number of benzene rings is 2. The molecule has 2 heterocycles. The second-order valence-electron chi connectivity index (χ2n) is 6.77. The van der Waals surface area contributed by atoms with Gasteiger partial charge in [0.1, 0.15) is 5.75 Å². The lowest BCUT2D eigenvalue weighted by Crippen LogP contribution is -2.02. The molecule has 2 aromatic carbocycles. The standard InChI is InChI=1S/C23H24N4O/c1-28-21-5-6-23-22(14-21)18(7-10-24)16-27(23)15-17-3-2-4-20(13-17)26-19-8-11-25-12-9-19/h2-6,8-9,11-14,16H,7,10,15,24H2,1H3,(H,25,26). The summed E-state index contributed by atoms with van der Waals surface area (Å²) in [6.07, 6.45) is 6.62. The highest BCUT2D eigenvalue weighted by atomic mass is 16.5. The van der Waals surface area contributed by atoms with Crippen molar-refractivity contribution in [2.24, 2.45) is 5.73 Å². The number of aromatic nitrogens is 2. The molecule has 2 aromatic heterocycles. The first kappa shape index (κ1) is 18.1. The molecule has 0 aliphatic carbocycles. The van der Waals surface area contributed by atoms with Crippen LogP contribution in [0.25, 0.3) is 10.9 Å². The van der Waals surface area contributed by atoms with Crippen LogP contribution in [0.3, 0.4) is 0 Å². The molecule has 0 fully saturated rings. The molecule has 0 aliphatic rings. The molecule has 142 valence electrons. The summed E-state index contributed by atoms with van der Waals surface area (Å²) in [5, 5.41) is 4.63. The van der Waals surface area contributed by atoms with Crippen molar-refractivity contribution >= 4 is 22.3 Å². The minimum Gasteiger partial charge on any atom is -0.497 e. The number of hydrogen-bond acceptors (Lipinski definition) is 4. The Morgan fingerprint density at radius 2 is 1.89 bits per heavy atom. The Morgan fingerprint density at radius 1 is 1.04 bits per heavy atom. The molecule has 0 saturated heterocycles. The van der Waals surface area contributed by atoms with Crippen LogP contribution in [0.4, 0.5) is 11.4 Å². The van der Waals surface area contributed by atoms with Crippen molar-refractivity contribution in [1.29, 1.82) is 0 Å². The molecule has 0 radical (unpaired) electrons. The van der Waals surface area contributed by atoms with Gasteiger partial charge in [0, 0.05) is 47.4 Å². The maximum atomic E-state index is 5.82. The van der Waals surface area contributed by atoms with Crippen LogP contribution in [-0.4, -0.2) is 23.2 Å². The predicted octanol–water partition coefficient (Wildman–Crippen LogP) is 4.34. The van der Waals surface area contributed by atoms with E-state index >= 15 is 0 Å². The lowest BCUT2D eigenvalue weighted by Gasteiger charge is -2.10. The number of methoxy groups -OCH3 is 1. The van der Waals surface area contributed by atoms with Gasteiger partial charge in [-0.05, 0) is 66.6 Å². The van der Waals surface area contributed by atoms with Gasteiger partial charge in [0.05, 0.1) is 7.11 Å². The minimum atomic E-state index is 0.627. The normalized spacial score (nSPS) is 10.9. The molecular formula is C23H24N4O. The highest BCUT2D eigenvalue weighted by Gasteiger charge is 2.10. The van der Waals surface area contributed by atoms with Crippen molar-refractivity contribution in [3.05, 3.63) is 84.3 Å². The van der Waals surface area contributed by atoms with Gasteiger partial charge in [-0.2, -0.15) is 0 Å². The molecule has 4 rings (SSSR count). The first-order valence-corrected chi connectivity index (χ1v) is 9.38. The molecule has 0 spiro atoms. The topological polar surface area (TPSA) is 65.1 Å². The van der Waals surface area contributed by atoms with Gasteiger partial charge in [-0.3, -0.25) is 4.98 Å². The van der Waals surface area contributed by atoms with E-state index in [1.54, 1.807) is 19.5 Å². The average Bonchev–Trinajstić information content (AvgIpc) is 3.06. The van der Waals surface area contributed by atoms with E-state index in [0.29, 0.717) is 6.54 Å². The molecule has 3 N–H and O–H groups in total. The van der Waals surface area contributed by atoms with Gasteiger partial charge >= 0.3 is 0 Å². The predicted molar refractivity (Wildman–Crippen MR) is 114 cm³/mol. The van der Waals surface area contributed by atoms with E-state index in [1.807, 2.05) is 18.2 Å². The van der Waals surface area contributed by atoms with Crippen LogP contribution in [-0.2, 0) is 13.0 Å². The lowest BCUT2D eigenvalue weighted by atomic mass is 10.1. The number of ether oxygens (including phenoxy) is 1. The first-order chi connectivity index (χ1) is 13.8. The van der Waals surface area contributed by atoms with Crippen LogP contribution in [0, 0.1) is 0 Å². The molecule has 0 atom stereocenters. The van der Waals surface area contributed by atoms with E-state index in [0.717, 1.165) is 30.1 Å². The number of rotatable bonds is 7. The van der Waals surface area contributed by atoms with Crippen molar-refractivity contribution in [2.75, 3.05) is 19.0 Å². The SMILES string of the molecule is COc1ccc2c(c1)c(CCN)cn2Cc1cccc(Nc2ccncc2)c1. The number of fused-ring (bicyclic) bond motifs is 1. The smallest absolute Gasteiger partial charge is 0.119 e. The fraction of sp³-hybridized carbons (Fsp3) is 0.174. The van der Waals surface area contributed by atoms with E-state index in [-0.39, 0.29) is 0 Å². The number of nitrogens with zero attached hydrogens (tertiary/aromatic N) is 2. The van der Waals surface area contributed by atoms with Gasteiger partial charge < -0.3 is 20.4 Å². The van der Waals surface area contributed by atoms with E-state index in [2.05, 4.69) is 57.5 Å². The van der Waals surface area contributed by atoms with Crippen LogP contribution in [0.1, 0.15) is 11.1 Å². The second kappa shape index (κ2) is 8.15. The second-order valence-corrected chi connectivity index (χ2v) is 6.77. The average molecular weight is 372 g/mol. The largest absolute Gasteiger partial charge is 0.497 e. The zero-order valence-corrected chi connectivity index (χ0v) is 15.9. The van der Waals surface area contributed by atoms with Crippen LogP contribution in [0.15, 0.2) is 73.2 Å². The van der Waals surface area contributed by atoms with Gasteiger partial charge in [0.2, 0.25) is 0 Å². The monoisotopic (exact) mass is 372 g/mol. The summed E-state index contributed by atoms with van der Waals surface area (Å²) < 4.78 is 7.69. The van der Waals surface area contributed by atoms with Crippen LogP contribution < -0.4 is 15.8 Å². The zero-order chi connectivity index (χ0) is 19.3. The molecular weight excluding hydrogens is 348 g/mol. The lowest BCUT2D eigenvalue weighted by molar-refractivity contribution is 0.415. The van der Waals surface area contributed by atoms with E-state index in [9.17, 15) is 0 Å². The third-order valence-electron chi connectivity index (χ3n) is 4.83. The number of hydrogen-bond donors (Lipinski definition) is 2. The van der Waals surface area contributed by atoms with Crippen molar-refractivity contribution in [1.82, 2.24) is 9.55 Å². The van der Waals surface area contributed by atoms with Crippen LogP contribution >= 0.6 is 0 Å². The molecule has 28 heavy (non-hydrogen) atoms. The van der Waals surface area contributed by atoms with E-state index in [1.165, 1.54) is 22.0 Å². The fourth-order valence-electron chi connectivity index (χ4n) is 3.51. The Bertz CT molecular complexity index is 1070. The Hall–Kier alpha value is -3.31. The van der Waals surface area contributed by atoms with Gasteiger partial charge in [-0.1, -0.05) is 12.1 Å². The highest BCUT2D eigenvalue weighted by Crippen LogP contribution is 2.27. The first-order valence-electron chi connectivity index (χ1n) is 9.38. The number of nitrogens with two attached hydrogens (primary N) is 1. The summed E-state index contributed by atoms with van der Waals surface area (Å²) in [6.45, 7) is 1.42. The molecule has 0 bridgehead atoms. The van der Waals surface area contributed by atoms with E-state index in [4.69, 9.17) is 10.5 Å². The number of pyridine rings is 1. The summed E-state index contributed by atoms with van der Waals surface area (Å²) in [6, 6.07) is 18.6. The van der Waals surface area contributed by atoms with Crippen molar-refractivity contribution in [2.45, 2.75) is 13.0 Å². The van der Waals surface area contributed by atoms with Crippen LogP contribution in [0.2, 0.25) is 0 Å². The Labute approximate surface area is 164 Å². The molecule has 4 aromatic rings. The van der Waals surface area contributed by atoms with Crippen molar-refractivity contribution in [3.8, 4) is 5.75 Å². The maximum Gasteiger partial charge on any atom is 0.119 e. The Balaban J connectivity index is 1.64. The molecule has 0 saturated carbocycles. The summed E-state index contributed by atoms with van der Waals surface area (Å²) in [5.41, 5.74) is 11.6. The van der Waals surface area contributed by atoms with Gasteiger partial charge in [0.15, 0.2) is 0 Å². The quantitative estimate of drug-likeness (QED) is 0.506. The number of anilines is 2. The molecule has 0 amide bonds. The van der Waals surface area contributed by atoms with Gasteiger partial charge in [-0.15, -0.1) is 0 Å². The Morgan fingerprint density at radius 3 is 2.68 bits per heavy atom. The van der Waals surface area contributed by atoms with Crippen molar-refractivity contribution in [3.63, 3.8) is 0 Å². The minimum absolute atomic E-state index is 0.627. The van der Waals surface area contributed by atoms with E-state index < -0.39 is 0 Å². The zero-order valence-electron chi connectivity index (χ0n) is 15.9. The molecule has 0 aliphatic heterocycles. The number of nitrogens with one attached hydrogen (secondary N) is 1. The van der Waals surface area contributed by atoms with Gasteiger partial charge in [0.25, 0.3) is 0 Å². The highest BCUT2D eigenvalue weighted by molar-refractivity contribution is 5.85. The Kier molecular flexibility index (Phi) is 5.26. The summed E-state index contributed by atoms with van der Waals surface area (Å²) >= 11 is 0. The molecule has 0 unspecified atom stereocenters. The van der Waals surface area contributed by atoms with Gasteiger partial charge in [-0.25, -0.2) is 0 Å². The molecule has 5 nitrogen and oxygen atoms in total. The van der Waals surface area contributed by atoms with Crippen LogP contribution in [0.5, 0.6) is 5.75 Å². The summed E-state index contributed by atoms with van der Waals surface area (Å²) in [5.74, 6) is 0.868. The fourth-order valence-corrected chi connectivity index (χ4v) is 3.51. The third kappa shape index (κ3) is 3.85. The summed E-state index contributed by atoms with van der Waals surface area (Å²) in [4.78, 5) is 4.06. The van der Waals surface area contributed by atoms with Crippen molar-refractivity contribution < 1.29 is 4.74 Å². The molecule has 5 heteroatoms.